The van der Waals surface area contributed by atoms with Gasteiger partial charge in [-0.2, -0.15) is 0 Å². The van der Waals surface area contributed by atoms with E-state index in [2.05, 4.69) is 12.2 Å². The van der Waals surface area contributed by atoms with Gasteiger partial charge in [-0.15, -0.1) is 0 Å². The normalized spacial score (nSPS) is 34.1. The average molecular weight is 254 g/mol. The van der Waals surface area contributed by atoms with Gasteiger partial charge in [0.25, 0.3) is 0 Å². The predicted octanol–water partition coefficient (Wildman–Crippen LogP) is 1.17. The van der Waals surface area contributed by atoms with E-state index in [-0.39, 0.29) is 24.1 Å². The molecule has 1 amide bonds. The lowest BCUT2D eigenvalue weighted by Gasteiger charge is -2.39. The zero-order chi connectivity index (χ0) is 13.2. The van der Waals surface area contributed by atoms with E-state index in [1.54, 1.807) is 0 Å². The van der Waals surface area contributed by atoms with Crippen LogP contribution in [0, 0.1) is 11.8 Å². The largest absolute Gasteiger partial charge is 0.394 e. The van der Waals surface area contributed by atoms with Crippen molar-refractivity contribution in [3.8, 4) is 0 Å². The van der Waals surface area contributed by atoms with Gasteiger partial charge in [0.2, 0.25) is 5.91 Å². The third-order valence-corrected chi connectivity index (χ3v) is 4.59. The number of rotatable bonds is 5. The van der Waals surface area contributed by atoms with Crippen molar-refractivity contribution >= 4 is 5.91 Å². The van der Waals surface area contributed by atoms with Crippen LogP contribution in [0.25, 0.3) is 0 Å². The Morgan fingerprint density at radius 1 is 1.39 bits per heavy atom. The van der Waals surface area contributed by atoms with Crippen LogP contribution in [-0.2, 0) is 4.79 Å². The summed E-state index contributed by atoms with van der Waals surface area (Å²) in [5.41, 5.74) is 5.59. The van der Waals surface area contributed by atoms with Crippen molar-refractivity contribution < 1.29 is 9.90 Å². The fourth-order valence-corrected chi connectivity index (χ4v) is 2.89. The van der Waals surface area contributed by atoms with Gasteiger partial charge in [-0.3, -0.25) is 4.79 Å². The lowest BCUT2D eigenvalue weighted by Crippen LogP contribution is -2.54. The number of hydrogen-bond donors (Lipinski definition) is 3. The van der Waals surface area contributed by atoms with E-state index in [0.717, 1.165) is 38.5 Å². The standard InChI is InChI=1S/C14H26N2O2/c1-10-4-6-14(9-17,7-5-10)16-13(18)8-12(15)11-2-3-11/h10-12,17H,2-9,15H2,1H3,(H,16,18). The van der Waals surface area contributed by atoms with E-state index >= 15 is 0 Å². The van der Waals surface area contributed by atoms with Gasteiger partial charge in [-0.25, -0.2) is 0 Å². The van der Waals surface area contributed by atoms with Crippen molar-refractivity contribution in [3.05, 3.63) is 0 Å². The lowest BCUT2D eigenvalue weighted by atomic mass is 9.77. The molecule has 0 aromatic rings. The number of aliphatic hydroxyl groups is 1. The molecule has 0 bridgehead atoms. The van der Waals surface area contributed by atoms with Gasteiger partial charge in [-0.1, -0.05) is 6.92 Å². The van der Waals surface area contributed by atoms with Crippen molar-refractivity contribution in [1.82, 2.24) is 5.32 Å². The second-order valence-electron chi connectivity index (χ2n) is 6.37. The number of nitrogens with one attached hydrogen (secondary N) is 1. The zero-order valence-electron chi connectivity index (χ0n) is 11.3. The first kappa shape index (κ1) is 13.8. The fraction of sp³-hybridized carbons (Fsp3) is 0.929. The molecule has 0 aliphatic heterocycles. The Bertz CT molecular complexity index is 294. The number of carbonyl (C=O) groups excluding carboxylic acids is 1. The minimum atomic E-state index is -0.382. The van der Waals surface area contributed by atoms with Crippen LogP contribution in [0.2, 0.25) is 0 Å². The van der Waals surface area contributed by atoms with E-state index in [9.17, 15) is 9.90 Å². The first-order chi connectivity index (χ1) is 8.54. The van der Waals surface area contributed by atoms with Crippen LogP contribution in [0.4, 0.5) is 0 Å². The van der Waals surface area contributed by atoms with Crippen LogP contribution in [0.1, 0.15) is 51.9 Å². The molecule has 2 rings (SSSR count). The second kappa shape index (κ2) is 5.57. The fourth-order valence-electron chi connectivity index (χ4n) is 2.89. The molecular formula is C14H26N2O2. The van der Waals surface area contributed by atoms with Crippen molar-refractivity contribution in [1.29, 1.82) is 0 Å². The molecule has 18 heavy (non-hydrogen) atoms. The molecule has 2 aliphatic rings. The number of nitrogens with two attached hydrogens (primary N) is 1. The molecule has 0 saturated heterocycles. The Balaban J connectivity index is 1.83. The molecule has 2 aliphatic carbocycles. The minimum absolute atomic E-state index is 0.00302. The summed E-state index contributed by atoms with van der Waals surface area (Å²) >= 11 is 0. The summed E-state index contributed by atoms with van der Waals surface area (Å²) in [6.07, 6.45) is 6.66. The zero-order valence-corrected chi connectivity index (χ0v) is 11.3. The molecule has 0 radical (unpaired) electrons. The van der Waals surface area contributed by atoms with Crippen LogP contribution >= 0.6 is 0 Å². The first-order valence-electron chi connectivity index (χ1n) is 7.22. The number of hydrogen-bond acceptors (Lipinski definition) is 3. The predicted molar refractivity (Wildman–Crippen MR) is 70.9 cm³/mol. The molecule has 2 fully saturated rings. The highest BCUT2D eigenvalue weighted by Gasteiger charge is 2.36. The maximum absolute atomic E-state index is 12.0. The Hall–Kier alpha value is -0.610. The van der Waals surface area contributed by atoms with Crippen LogP contribution in [0.3, 0.4) is 0 Å². The molecule has 4 heteroatoms. The number of carbonyl (C=O) groups is 1. The first-order valence-corrected chi connectivity index (χ1v) is 7.22. The molecule has 4 N–H and O–H groups in total. The Kier molecular flexibility index (Phi) is 4.28. The van der Waals surface area contributed by atoms with Crippen LogP contribution in [-0.4, -0.2) is 29.2 Å². The Labute approximate surface area is 109 Å². The van der Waals surface area contributed by atoms with Crippen LogP contribution < -0.4 is 11.1 Å². The van der Waals surface area contributed by atoms with Crippen molar-refractivity contribution in [3.63, 3.8) is 0 Å². The van der Waals surface area contributed by atoms with E-state index in [4.69, 9.17) is 5.73 Å². The molecule has 4 nitrogen and oxygen atoms in total. The summed E-state index contributed by atoms with van der Waals surface area (Å²) in [6.45, 7) is 2.27. The molecule has 0 heterocycles. The monoisotopic (exact) mass is 254 g/mol. The highest BCUT2D eigenvalue weighted by Crippen LogP contribution is 2.34. The van der Waals surface area contributed by atoms with E-state index in [0.29, 0.717) is 18.3 Å². The van der Waals surface area contributed by atoms with Crippen LogP contribution in [0.5, 0.6) is 0 Å². The van der Waals surface area contributed by atoms with Gasteiger partial charge in [0, 0.05) is 12.5 Å². The summed E-state index contributed by atoms with van der Waals surface area (Å²) in [4.78, 5) is 12.0. The maximum Gasteiger partial charge on any atom is 0.222 e. The Morgan fingerprint density at radius 3 is 2.50 bits per heavy atom. The van der Waals surface area contributed by atoms with Gasteiger partial charge >= 0.3 is 0 Å². The quantitative estimate of drug-likeness (QED) is 0.689. The van der Waals surface area contributed by atoms with Crippen molar-refractivity contribution in [2.24, 2.45) is 17.6 Å². The molecule has 1 unspecified atom stereocenters. The maximum atomic E-state index is 12.0. The molecule has 0 aromatic carbocycles. The summed E-state index contributed by atoms with van der Waals surface area (Å²) in [6, 6.07) is 0.00302. The third kappa shape index (κ3) is 3.45. The topological polar surface area (TPSA) is 75.3 Å². The molecule has 0 aromatic heterocycles. The third-order valence-electron chi connectivity index (χ3n) is 4.59. The average Bonchev–Trinajstić information content (AvgIpc) is 3.16. The second-order valence-corrected chi connectivity index (χ2v) is 6.37. The van der Waals surface area contributed by atoms with E-state index in [1.165, 1.54) is 0 Å². The lowest BCUT2D eigenvalue weighted by molar-refractivity contribution is -0.124. The van der Waals surface area contributed by atoms with Gasteiger partial charge in [0.15, 0.2) is 0 Å². The Morgan fingerprint density at radius 2 is 2.00 bits per heavy atom. The van der Waals surface area contributed by atoms with E-state index < -0.39 is 0 Å². The summed E-state index contributed by atoms with van der Waals surface area (Å²) in [5.74, 6) is 1.26. The van der Waals surface area contributed by atoms with Gasteiger partial charge in [0.1, 0.15) is 0 Å². The summed E-state index contributed by atoms with van der Waals surface area (Å²) < 4.78 is 0. The van der Waals surface area contributed by atoms with E-state index in [1.807, 2.05) is 0 Å². The molecule has 0 spiro atoms. The van der Waals surface area contributed by atoms with Crippen molar-refractivity contribution in [2.45, 2.75) is 63.5 Å². The van der Waals surface area contributed by atoms with Gasteiger partial charge < -0.3 is 16.2 Å². The number of aliphatic hydroxyl groups excluding tert-OH is 1. The van der Waals surface area contributed by atoms with Crippen LogP contribution in [0.15, 0.2) is 0 Å². The smallest absolute Gasteiger partial charge is 0.222 e. The molecule has 2 saturated carbocycles. The van der Waals surface area contributed by atoms with Gasteiger partial charge in [0.05, 0.1) is 12.1 Å². The SMILES string of the molecule is CC1CCC(CO)(NC(=O)CC(N)C2CC2)CC1. The molecule has 104 valence electrons. The molecular weight excluding hydrogens is 228 g/mol. The number of amides is 1. The highest BCUT2D eigenvalue weighted by molar-refractivity contribution is 5.77. The minimum Gasteiger partial charge on any atom is -0.394 e. The summed E-state index contributed by atoms with van der Waals surface area (Å²) in [5, 5.41) is 12.6. The molecule has 1 atom stereocenters. The summed E-state index contributed by atoms with van der Waals surface area (Å²) in [7, 11) is 0. The highest BCUT2D eigenvalue weighted by atomic mass is 16.3. The van der Waals surface area contributed by atoms with Crippen molar-refractivity contribution in [2.75, 3.05) is 6.61 Å². The van der Waals surface area contributed by atoms with Gasteiger partial charge in [-0.05, 0) is 50.4 Å².